The number of benzene rings is 1. The first-order valence-electron chi connectivity index (χ1n) is 7.14. The maximum absolute atomic E-state index is 6.12. The van der Waals surface area contributed by atoms with Crippen LogP contribution in [0.15, 0.2) is 18.2 Å². The lowest BCUT2D eigenvalue weighted by Crippen LogP contribution is -2.35. The number of halogens is 1. The molecule has 0 amide bonds. The van der Waals surface area contributed by atoms with Crippen LogP contribution in [-0.4, -0.2) is 20.2 Å². The molecule has 0 atom stereocenters. The zero-order chi connectivity index (χ0) is 14.3. The average molecular weight is 284 g/mol. The van der Waals surface area contributed by atoms with Crippen LogP contribution in [0.3, 0.4) is 0 Å². The van der Waals surface area contributed by atoms with Crippen LogP contribution in [0, 0.1) is 5.41 Å². The van der Waals surface area contributed by atoms with Gasteiger partial charge in [0.25, 0.3) is 0 Å². The Kier molecular flexibility index (Phi) is 6.67. The molecule has 0 bridgehead atoms. The van der Waals surface area contributed by atoms with Gasteiger partial charge in [-0.3, -0.25) is 0 Å². The van der Waals surface area contributed by atoms with Gasteiger partial charge in [0.05, 0.1) is 7.11 Å². The Balaban J connectivity index is 2.98. The first-order valence-corrected chi connectivity index (χ1v) is 7.51. The molecule has 19 heavy (non-hydrogen) atoms. The van der Waals surface area contributed by atoms with Crippen molar-refractivity contribution < 1.29 is 4.74 Å². The zero-order valence-electron chi connectivity index (χ0n) is 12.6. The number of methoxy groups -OCH3 is 1. The van der Waals surface area contributed by atoms with Crippen molar-refractivity contribution in [3.05, 3.63) is 28.8 Å². The second-order valence-corrected chi connectivity index (χ2v) is 5.56. The van der Waals surface area contributed by atoms with Gasteiger partial charge in [0, 0.05) is 11.6 Å². The molecule has 0 aliphatic heterocycles. The van der Waals surface area contributed by atoms with E-state index in [0.717, 1.165) is 43.1 Å². The van der Waals surface area contributed by atoms with Crippen molar-refractivity contribution in [2.45, 2.75) is 40.0 Å². The number of hydrogen-bond donors (Lipinski definition) is 1. The van der Waals surface area contributed by atoms with Crippen molar-refractivity contribution in [2.24, 2.45) is 5.41 Å². The number of nitrogens with one attached hydrogen (secondary N) is 1. The molecule has 3 heteroatoms. The van der Waals surface area contributed by atoms with Crippen LogP contribution in [0.1, 0.15) is 39.2 Å². The number of hydrogen-bond acceptors (Lipinski definition) is 2. The monoisotopic (exact) mass is 283 g/mol. The van der Waals surface area contributed by atoms with Gasteiger partial charge in [-0.1, -0.05) is 32.4 Å². The molecule has 1 aromatic rings. The largest absolute Gasteiger partial charge is 0.496 e. The summed E-state index contributed by atoms with van der Waals surface area (Å²) in [4.78, 5) is 0. The fourth-order valence-corrected chi connectivity index (χ4v) is 2.69. The van der Waals surface area contributed by atoms with E-state index in [1.54, 1.807) is 7.11 Å². The summed E-state index contributed by atoms with van der Waals surface area (Å²) in [6.45, 7) is 8.71. The third-order valence-electron chi connectivity index (χ3n) is 4.06. The Morgan fingerprint density at radius 3 is 2.42 bits per heavy atom. The average Bonchev–Trinajstić information content (AvgIpc) is 2.44. The van der Waals surface area contributed by atoms with Gasteiger partial charge in [0.1, 0.15) is 5.75 Å². The van der Waals surface area contributed by atoms with Gasteiger partial charge >= 0.3 is 0 Å². The van der Waals surface area contributed by atoms with Gasteiger partial charge in [-0.05, 0) is 55.0 Å². The molecular formula is C16H26ClNO. The standard InChI is InChI=1S/C16H26ClNO/c1-5-16(6-2,12-18-7-3)11-13-10-14(17)8-9-15(13)19-4/h8-10,18H,5-7,11-12H2,1-4H3. The predicted octanol–water partition coefficient (Wildman–Crippen LogP) is 4.31. The maximum atomic E-state index is 6.12. The maximum Gasteiger partial charge on any atom is 0.122 e. The molecule has 0 aliphatic rings. The molecule has 0 saturated carbocycles. The van der Waals surface area contributed by atoms with E-state index in [0.29, 0.717) is 0 Å². The summed E-state index contributed by atoms with van der Waals surface area (Å²) in [7, 11) is 1.72. The molecule has 0 heterocycles. The van der Waals surface area contributed by atoms with E-state index < -0.39 is 0 Å². The first-order chi connectivity index (χ1) is 9.10. The fourth-order valence-electron chi connectivity index (χ4n) is 2.49. The highest BCUT2D eigenvalue weighted by molar-refractivity contribution is 6.30. The van der Waals surface area contributed by atoms with Gasteiger partial charge in [0.15, 0.2) is 0 Å². The van der Waals surface area contributed by atoms with Crippen molar-refractivity contribution in [3.63, 3.8) is 0 Å². The van der Waals surface area contributed by atoms with Gasteiger partial charge < -0.3 is 10.1 Å². The second kappa shape index (κ2) is 7.76. The lowest BCUT2D eigenvalue weighted by Gasteiger charge is -2.32. The fraction of sp³-hybridized carbons (Fsp3) is 0.625. The molecule has 0 aromatic heterocycles. The van der Waals surface area contributed by atoms with E-state index in [9.17, 15) is 0 Å². The van der Waals surface area contributed by atoms with Crippen molar-refractivity contribution in [1.82, 2.24) is 5.32 Å². The molecule has 0 aliphatic carbocycles. The van der Waals surface area contributed by atoms with Crippen LogP contribution < -0.4 is 10.1 Å². The molecule has 0 radical (unpaired) electrons. The predicted molar refractivity (Wildman–Crippen MR) is 83.3 cm³/mol. The summed E-state index contributed by atoms with van der Waals surface area (Å²) in [5.41, 5.74) is 1.48. The summed E-state index contributed by atoms with van der Waals surface area (Å²) in [5.74, 6) is 0.937. The number of rotatable bonds is 8. The Labute approximate surface area is 122 Å². The molecule has 0 unspecified atom stereocenters. The van der Waals surface area contributed by atoms with E-state index in [2.05, 4.69) is 26.1 Å². The molecular weight excluding hydrogens is 258 g/mol. The third-order valence-corrected chi connectivity index (χ3v) is 4.29. The van der Waals surface area contributed by atoms with Crippen LogP contribution >= 0.6 is 11.6 Å². The summed E-state index contributed by atoms with van der Waals surface area (Å²) in [6, 6.07) is 5.88. The van der Waals surface area contributed by atoms with Crippen LogP contribution in [0.2, 0.25) is 5.02 Å². The minimum Gasteiger partial charge on any atom is -0.496 e. The highest BCUT2D eigenvalue weighted by Crippen LogP contribution is 2.34. The van der Waals surface area contributed by atoms with Crippen molar-refractivity contribution >= 4 is 11.6 Å². The summed E-state index contributed by atoms with van der Waals surface area (Å²) < 4.78 is 5.46. The van der Waals surface area contributed by atoms with Gasteiger partial charge in [0.2, 0.25) is 0 Å². The highest BCUT2D eigenvalue weighted by Gasteiger charge is 2.27. The van der Waals surface area contributed by atoms with Crippen molar-refractivity contribution in [3.8, 4) is 5.75 Å². The lowest BCUT2D eigenvalue weighted by atomic mass is 9.76. The van der Waals surface area contributed by atoms with Gasteiger partial charge in [-0.2, -0.15) is 0 Å². The quantitative estimate of drug-likeness (QED) is 0.768. The molecule has 1 rings (SSSR count). The van der Waals surface area contributed by atoms with Gasteiger partial charge in [-0.25, -0.2) is 0 Å². The van der Waals surface area contributed by atoms with E-state index in [-0.39, 0.29) is 5.41 Å². The van der Waals surface area contributed by atoms with Crippen molar-refractivity contribution in [1.29, 1.82) is 0 Å². The number of ether oxygens (including phenoxy) is 1. The smallest absolute Gasteiger partial charge is 0.122 e. The summed E-state index contributed by atoms with van der Waals surface area (Å²) >= 11 is 6.12. The Morgan fingerprint density at radius 2 is 1.89 bits per heavy atom. The lowest BCUT2D eigenvalue weighted by molar-refractivity contribution is 0.245. The van der Waals surface area contributed by atoms with E-state index in [1.165, 1.54) is 5.56 Å². The van der Waals surface area contributed by atoms with E-state index in [1.807, 2.05) is 18.2 Å². The van der Waals surface area contributed by atoms with E-state index >= 15 is 0 Å². The van der Waals surface area contributed by atoms with Crippen LogP contribution in [-0.2, 0) is 6.42 Å². The molecule has 1 aromatic carbocycles. The zero-order valence-corrected chi connectivity index (χ0v) is 13.3. The summed E-state index contributed by atoms with van der Waals surface area (Å²) in [6.07, 6.45) is 3.29. The molecule has 1 N–H and O–H groups in total. The van der Waals surface area contributed by atoms with Crippen LogP contribution in [0.4, 0.5) is 0 Å². The Morgan fingerprint density at radius 1 is 1.21 bits per heavy atom. The molecule has 2 nitrogen and oxygen atoms in total. The Hall–Kier alpha value is -0.730. The Bertz CT molecular complexity index is 388. The molecule has 0 saturated heterocycles. The molecule has 108 valence electrons. The van der Waals surface area contributed by atoms with Crippen LogP contribution in [0.25, 0.3) is 0 Å². The topological polar surface area (TPSA) is 21.3 Å². The summed E-state index contributed by atoms with van der Waals surface area (Å²) in [5, 5.41) is 4.27. The van der Waals surface area contributed by atoms with Gasteiger partial charge in [-0.15, -0.1) is 0 Å². The highest BCUT2D eigenvalue weighted by atomic mass is 35.5. The molecule has 0 fully saturated rings. The van der Waals surface area contributed by atoms with E-state index in [4.69, 9.17) is 16.3 Å². The van der Waals surface area contributed by atoms with Crippen molar-refractivity contribution in [2.75, 3.05) is 20.2 Å². The third kappa shape index (κ3) is 4.39. The minimum absolute atomic E-state index is 0.272. The second-order valence-electron chi connectivity index (χ2n) is 5.12. The molecule has 0 spiro atoms. The minimum atomic E-state index is 0.272. The van der Waals surface area contributed by atoms with Crippen LogP contribution in [0.5, 0.6) is 5.75 Å². The normalized spacial score (nSPS) is 11.6. The SMILES string of the molecule is CCNCC(CC)(CC)Cc1cc(Cl)ccc1OC. The first kappa shape index (κ1) is 16.3.